The fraction of sp³-hybridized carbons (Fsp3) is 0.222. The van der Waals surface area contributed by atoms with Crippen molar-refractivity contribution in [3.05, 3.63) is 63.4 Å². The van der Waals surface area contributed by atoms with Crippen LogP contribution in [0.2, 0.25) is 4.34 Å². The molecule has 2 atom stereocenters. The van der Waals surface area contributed by atoms with Crippen molar-refractivity contribution in [2.45, 2.75) is 29.3 Å². The zero-order valence-electron chi connectivity index (χ0n) is 14.8. The van der Waals surface area contributed by atoms with E-state index < -0.39 is 33.0 Å². The number of rotatable bonds is 3. The van der Waals surface area contributed by atoms with Crippen molar-refractivity contribution >= 4 is 44.3 Å². The summed E-state index contributed by atoms with van der Waals surface area (Å²) in [6.07, 6.45) is -4.68. The third-order valence-corrected chi connectivity index (χ3v) is 8.05. The molecule has 1 aromatic carbocycles. The minimum Gasteiger partial charge on any atom is -0.237 e. The van der Waals surface area contributed by atoms with E-state index in [0.29, 0.717) is 9.21 Å². The van der Waals surface area contributed by atoms with Crippen LogP contribution in [-0.4, -0.2) is 29.2 Å². The quantitative estimate of drug-likeness (QED) is 0.543. The number of thiophene rings is 1. The molecule has 2 unspecified atom stereocenters. The average molecular weight is 460 g/mol. The van der Waals surface area contributed by atoms with Crippen LogP contribution in [0.1, 0.15) is 23.5 Å². The molecule has 29 heavy (non-hydrogen) atoms. The van der Waals surface area contributed by atoms with Crippen LogP contribution < -0.4 is 0 Å². The highest BCUT2D eigenvalue weighted by atomic mass is 35.5. The molecule has 0 amide bonds. The van der Waals surface area contributed by atoms with Gasteiger partial charge in [0.2, 0.25) is 0 Å². The van der Waals surface area contributed by atoms with Gasteiger partial charge in [-0.2, -0.15) is 18.3 Å². The fourth-order valence-corrected chi connectivity index (χ4v) is 6.52. The van der Waals surface area contributed by atoms with E-state index in [2.05, 4.69) is 10.1 Å². The minimum atomic E-state index is -4.68. The van der Waals surface area contributed by atoms with E-state index in [4.69, 9.17) is 11.6 Å². The lowest BCUT2D eigenvalue weighted by atomic mass is 10.1. The molecule has 0 saturated heterocycles. The zero-order chi connectivity index (χ0) is 21.0. The Morgan fingerprint density at radius 2 is 1.83 bits per heavy atom. The summed E-state index contributed by atoms with van der Waals surface area (Å²) in [5.74, 6) is -0.0520. The second-order valence-corrected chi connectivity index (χ2v) is 10.3. The SMILES string of the molecule is CC1=Nc2cc(C(F)(F)F)nn2C(c2ccc(Cl)s2)C1S(=O)(=O)c1ccccc1. The van der Waals surface area contributed by atoms with Crippen molar-refractivity contribution in [2.24, 2.45) is 4.99 Å². The molecular formula is C18H13ClF3N3O2S2. The number of alkyl halides is 3. The molecule has 0 bridgehead atoms. The van der Waals surface area contributed by atoms with Gasteiger partial charge in [-0.25, -0.2) is 18.1 Å². The molecule has 4 rings (SSSR count). The molecule has 5 nitrogen and oxygen atoms in total. The summed E-state index contributed by atoms with van der Waals surface area (Å²) in [7, 11) is -3.98. The van der Waals surface area contributed by atoms with Gasteiger partial charge in [0.25, 0.3) is 0 Å². The lowest BCUT2D eigenvalue weighted by Gasteiger charge is -2.30. The maximum atomic E-state index is 13.4. The summed E-state index contributed by atoms with van der Waals surface area (Å²) in [5, 5.41) is 2.44. The number of halogens is 4. The van der Waals surface area contributed by atoms with Gasteiger partial charge >= 0.3 is 6.18 Å². The molecule has 3 aromatic rings. The molecule has 0 radical (unpaired) electrons. The van der Waals surface area contributed by atoms with E-state index in [1.54, 1.807) is 30.3 Å². The number of benzene rings is 1. The number of aliphatic imine (C=N–C) groups is 1. The van der Waals surface area contributed by atoms with E-state index >= 15 is 0 Å². The highest BCUT2D eigenvalue weighted by molar-refractivity contribution is 7.93. The molecule has 11 heteroatoms. The van der Waals surface area contributed by atoms with Gasteiger partial charge in [0.15, 0.2) is 21.3 Å². The number of aromatic nitrogens is 2. The number of hydrogen-bond acceptors (Lipinski definition) is 5. The van der Waals surface area contributed by atoms with Crippen molar-refractivity contribution in [3.8, 4) is 0 Å². The van der Waals surface area contributed by atoms with E-state index in [1.807, 2.05) is 0 Å². The van der Waals surface area contributed by atoms with Gasteiger partial charge < -0.3 is 0 Å². The summed E-state index contributed by atoms with van der Waals surface area (Å²) in [4.78, 5) is 4.68. The topological polar surface area (TPSA) is 64.3 Å². The van der Waals surface area contributed by atoms with Gasteiger partial charge in [-0.15, -0.1) is 11.3 Å². The maximum absolute atomic E-state index is 13.4. The van der Waals surface area contributed by atoms with Crippen LogP contribution in [0.4, 0.5) is 19.0 Å². The van der Waals surface area contributed by atoms with E-state index in [9.17, 15) is 21.6 Å². The van der Waals surface area contributed by atoms with Crippen LogP contribution >= 0.6 is 22.9 Å². The monoisotopic (exact) mass is 459 g/mol. The fourth-order valence-electron chi connectivity index (χ4n) is 3.32. The van der Waals surface area contributed by atoms with Crippen molar-refractivity contribution in [3.63, 3.8) is 0 Å². The number of nitrogens with zero attached hydrogens (tertiary/aromatic N) is 3. The molecule has 1 aliphatic rings. The summed E-state index contributed by atoms with van der Waals surface area (Å²) in [6, 6.07) is 10.7. The third kappa shape index (κ3) is 3.49. The van der Waals surface area contributed by atoms with Crippen LogP contribution in [0.3, 0.4) is 0 Å². The van der Waals surface area contributed by atoms with Crippen LogP contribution in [0.25, 0.3) is 0 Å². The van der Waals surface area contributed by atoms with Gasteiger partial charge in [-0.3, -0.25) is 0 Å². The van der Waals surface area contributed by atoms with Gasteiger partial charge in [0.05, 0.1) is 9.23 Å². The zero-order valence-corrected chi connectivity index (χ0v) is 17.1. The van der Waals surface area contributed by atoms with Gasteiger partial charge in [0.1, 0.15) is 11.3 Å². The Balaban J connectivity index is 1.95. The van der Waals surface area contributed by atoms with Crippen LogP contribution in [0.5, 0.6) is 0 Å². The largest absolute Gasteiger partial charge is 0.435 e. The highest BCUT2D eigenvalue weighted by Crippen LogP contribution is 2.43. The minimum absolute atomic E-state index is 0.0520. The first-order valence-corrected chi connectivity index (χ1v) is 11.1. The van der Waals surface area contributed by atoms with Gasteiger partial charge in [-0.05, 0) is 31.2 Å². The van der Waals surface area contributed by atoms with Crippen LogP contribution in [-0.2, 0) is 16.0 Å². The average Bonchev–Trinajstić information content (AvgIpc) is 3.27. The first-order chi connectivity index (χ1) is 13.6. The van der Waals surface area contributed by atoms with Crippen LogP contribution in [0.15, 0.2) is 58.4 Å². The van der Waals surface area contributed by atoms with Gasteiger partial charge in [-0.1, -0.05) is 29.8 Å². The Morgan fingerprint density at radius 3 is 2.41 bits per heavy atom. The maximum Gasteiger partial charge on any atom is 0.435 e. The predicted molar refractivity (Wildman–Crippen MR) is 105 cm³/mol. The molecule has 0 N–H and O–H groups in total. The van der Waals surface area contributed by atoms with E-state index in [1.165, 1.54) is 19.1 Å². The Bertz CT molecular complexity index is 1200. The molecule has 1 aliphatic heterocycles. The van der Waals surface area contributed by atoms with Crippen molar-refractivity contribution in [1.82, 2.24) is 9.78 Å². The smallest absolute Gasteiger partial charge is 0.237 e. The third-order valence-electron chi connectivity index (χ3n) is 4.55. The second-order valence-electron chi connectivity index (χ2n) is 6.45. The first-order valence-electron chi connectivity index (χ1n) is 8.35. The predicted octanol–water partition coefficient (Wildman–Crippen LogP) is 5.15. The lowest BCUT2D eigenvalue weighted by Crippen LogP contribution is -2.40. The van der Waals surface area contributed by atoms with E-state index in [0.717, 1.165) is 22.1 Å². The molecule has 152 valence electrons. The Hall–Kier alpha value is -2.17. The molecule has 0 fully saturated rings. The second kappa shape index (κ2) is 6.96. The number of sulfone groups is 1. The number of hydrogen-bond donors (Lipinski definition) is 0. The summed E-state index contributed by atoms with van der Waals surface area (Å²) in [6.45, 7) is 1.50. The summed E-state index contributed by atoms with van der Waals surface area (Å²) >= 11 is 7.12. The normalized spacial score (nSPS) is 19.7. The lowest BCUT2D eigenvalue weighted by molar-refractivity contribution is -0.141. The van der Waals surface area contributed by atoms with Crippen LogP contribution in [0, 0.1) is 0 Å². The first kappa shape index (κ1) is 20.1. The van der Waals surface area contributed by atoms with Crippen molar-refractivity contribution in [1.29, 1.82) is 0 Å². The summed E-state index contributed by atoms with van der Waals surface area (Å²) in [5.41, 5.74) is -0.945. The summed E-state index contributed by atoms with van der Waals surface area (Å²) < 4.78 is 68.0. The highest BCUT2D eigenvalue weighted by Gasteiger charge is 2.45. The standard InChI is InChI=1S/C18H13ClF3N3O2S2/c1-10-17(29(26,27)11-5-3-2-4-6-11)16(12-7-8-14(19)28-12)25-15(23-10)9-13(24-25)18(20,21)22/h2-9,16-17H,1H3. The van der Waals surface area contributed by atoms with Crippen molar-refractivity contribution in [2.75, 3.05) is 0 Å². The Labute approximate surface area is 173 Å². The molecule has 2 aromatic heterocycles. The Morgan fingerprint density at radius 1 is 1.14 bits per heavy atom. The molecule has 0 aliphatic carbocycles. The molecule has 0 spiro atoms. The molecule has 0 saturated carbocycles. The number of fused-ring (bicyclic) bond motifs is 1. The van der Waals surface area contributed by atoms with Gasteiger partial charge in [0, 0.05) is 16.7 Å². The van der Waals surface area contributed by atoms with Crippen molar-refractivity contribution < 1.29 is 21.6 Å². The van der Waals surface area contributed by atoms with E-state index in [-0.39, 0.29) is 16.4 Å². The molecular weight excluding hydrogens is 447 g/mol. The Kier molecular flexibility index (Phi) is 4.83. The molecule has 3 heterocycles.